The molecule has 8 nitrogen and oxygen atoms in total. The molecule has 2 aromatic heterocycles. The van der Waals surface area contributed by atoms with Crippen LogP contribution in [-0.2, 0) is 19.1 Å². The number of benzene rings is 1. The van der Waals surface area contributed by atoms with Gasteiger partial charge in [0.1, 0.15) is 11.9 Å². The van der Waals surface area contributed by atoms with Crippen molar-refractivity contribution < 1.29 is 19.1 Å². The molecule has 1 aliphatic heterocycles. The highest BCUT2D eigenvalue weighted by atomic mass is 79.9. The van der Waals surface area contributed by atoms with Crippen molar-refractivity contribution in [1.29, 1.82) is 0 Å². The number of aliphatic imine (C=N–C) groups is 1. The van der Waals surface area contributed by atoms with Gasteiger partial charge < -0.3 is 9.47 Å². The Morgan fingerprint density at radius 3 is 2.62 bits per heavy atom. The van der Waals surface area contributed by atoms with Crippen molar-refractivity contribution in [3.05, 3.63) is 76.0 Å². The molecule has 0 fully saturated rings. The standard InChI is InChI=1S/C25H25BrN4O4/c1-3-33-22(31)9-10-23(32)34-13-11-20-25-28-15-16(2)30(25)21-8-7-17(26)14-18(21)24(29-20)19-6-4-5-12-27-19/h4-8,12,14-15,20H,3,9-11,13H2,1-2H3/t20-/m0/s1. The highest BCUT2D eigenvalue weighted by Gasteiger charge is 2.28. The van der Waals surface area contributed by atoms with Crippen molar-refractivity contribution in [3.8, 4) is 5.69 Å². The molecule has 0 spiro atoms. The molecule has 34 heavy (non-hydrogen) atoms. The van der Waals surface area contributed by atoms with Crippen LogP contribution in [0.4, 0.5) is 0 Å². The van der Waals surface area contributed by atoms with Crippen LogP contribution < -0.4 is 0 Å². The number of pyridine rings is 1. The molecule has 0 amide bonds. The second-order valence-corrected chi connectivity index (χ2v) is 8.69. The SMILES string of the molecule is CCOC(=O)CCC(=O)OCC[C@@H]1N=C(c2ccccn2)c2cc(Br)ccc2-n2c(C)cnc21. The van der Waals surface area contributed by atoms with Crippen molar-refractivity contribution in [3.63, 3.8) is 0 Å². The van der Waals surface area contributed by atoms with Crippen molar-refractivity contribution in [2.75, 3.05) is 13.2 Å². The first-order chi connectivity index (χ1) is 16.5. The maximum atomic E-state index is 12.1. The number of fused-ring (bicyclic) bond motifs is 3. The maximum Gasteiger partial charge on any atom is 0.306 e. The van der Waals surface area contributed by atoms with Crippen molar-refractivity contribution >= 4 is 33.6 Å². The van der Waals surface area contributed by atoms with Gasteiger partial charge in [-0.05, 0) is 44.2 Å². The van der Waals surface area contributed by atoms with Gasteiger partial charge in [-0.15, -0.1) is 0 Å². The number of esters is 2. The number of hydrogen-bond donors (Lipinski definition) is 0. The number of ether oxygens (including phenoxy) is 2. The van der Waals surface area contributed by atoms with Gasteiger partial charge in [-0.2, -0.15) is 0 Å². The third kappa shape index (κ3) is 5.25. The fraction of sp³-hybridized carbons (Fsp3) is 0.320. The van der Waals surface area contributed by atoms with Crippen LogP contribution in [0.3, 0.4) is 0 Å². The average molecular weight is 525 g/mol. The third-order valence-electron chi connectivity index (χ3n) is 5.40. The number of carbonyl (C=O) groups is 2. The Bertz CT molecular complexity index is 1220. The van der Waals surface area contributed by atoms with Crippen LogP contribution in [0, 0.1) is 6.92 Å². The second kappa shape index (κ2) is 10.7. The van der Waals surface area contributed by atoms with Crippen molar-refractivity contribution in [2.45, 2.75) is 39.2 Å². The molecular formula is C25H25BrN4O4. The molecule has 0 saturated carbocycles. The van der Waals surface area contributed by atoms with Crippen LogP contribution in [0.15, 0.2) is 58.3 Å². The van der Waals surface area contributed by atoms with Gasteiger partial charge in [0.25, 0.3) is 0 Å². The third-order valence-corrected chi connectivity index (χ3v) is 5.90. The molecular weight excluding hydrogens is 500 g/mol. The summed E-state index contributed by atoms with van der Waals surface area (Å²) < 4.78 is 13.3. The molecule has 1 aromatic carbocycles. The molecule has 1 atom stereocenters. The van der Waals surface area contributed by atoms with E-state index in [1.165, 1.54) is 0 Å². The van der Waals surface area contributed by atoms with Gasteiger partial charge in [-0.25, -0.2) is 4.98 Å². The summed E-state index contributed by atoms with van der Waals surface area (Å²) >= 11 is 3.58. The lowest BCUT2D eigenvalue weighted by atomic mass is 10.0. The van der Waals surface area contributed by atoms with E-state index in [0.29, 0.717) is 6.42 Å². The van der Waals surface area contributed by atoms with Gasteiger partial charge in [0.05, 0.1) is 43.1 Å². The molecule has 176 valence electrons. The zero-order chi connectivity index (χ0) is 24.1. The number of carbonyl (C=O) groups excluding carboxylic acids is 2. The Hall–Kier alpha value is -3.33. The number of imidazole rings is 1. The Balaban J connectivity index is 1.61. The summed E-state index contributed by atoms with van der Waals surface area (Å²) in [6, 6.07) is 11.4. The number of aromatic nitrogens is 3. The van der Waals surface area contributed by atoms with Gasteiger partial charge in [-0.3, -0.25) is 24.1 Å². The molecule has 0 aliphatic carbocycles. The zero-order valence-corrected chi connectivity index (χ0v) is 20.6. The number of nitrogens with zero attached hydrogens (tertiary/aromatic N) is 4. The fourth-order valence-corrected chi connectivity index (χ4v) is 4.24. The van der Waals surface area contributed by atoms with Crippen LogP contribution in [-0.4, -0.2) is 45.4 Å². The lowest BCUT2D eigenvalue weighted by Crippen LogP contribution is -2.13. The molecule has 0 N–H and O–H groups in total. The van der Waals surface area contributed by atoms with Gasteiger partial charge in [0, 0.05) is 34.5 Å². The molecule has 4 rings (SSSR count). The van der Waals surface area contributed by atoms with E-state index in [4.69, 9.17) is 14.5 Å². The topological polar surface area (TPSA) is 95.7 Å². The van der Waals surface area contributed by atoms with Gasteiger partial charge >= 0.3 is 11.9 Å². The highest BCUT2D eigenvalue weighted by Crippen LogP contribution is 2.34. The smallest absolute Gasteiger partial charge is 0.306 e. The molecule has 0 saturated heterocycles. The highest BCUT2D eigenvalue weighted by molar-refractivity contribution is 9.10. The number of aryl methyl sites for hydroxylation is 1. The minimum Gasteiger partial charge on any atom is -0.466 e. The monoisotopic (exact) mass is 524 g/mol. The van der Waals surface area contributed by atoms with Crippen LogP contribution in [0.5, 0.6) is 0 Å². The van der Waals surface area contributed by atoms with Gasteiger partial charge in [-0.1, -0.05) is 22.0 Å². The Morgan fingerprint density at radius 2 is 1.88 bits per heavy atom. The largest absolute Gasteiger partial charge is 0.466 e. The number of halogens is 1. The van der Waals surface area contributed by atoms with Crippen LogP contribution in [0.1, 0.15) is 55.0 Å². The summed E-state index contributed by atoms with van der Waals surface area (Å²) in [6.45, 7) is 4.17. The lowest BCUT2D eigenvalue weighted by Gasteiger charge is -2.14. The van der Waals surface area contributed by atoms with Crippen molar-refractivity contribution in [1.82, 2.24) is 14.5 Å². The van der Waals surface area contributed by atoms with Gasteiger partial charge in [0.2, 0.25) is 0 Å². The second-order valence-electron chi connectivity index (χ2n) is 7.78. The molecule has 3 heterocycles. The summed E-state index contributed by atoms with van der Waals surface area (Å²) in [7, 11) is 0. The lowest BCUT2D eigenvalue weighted by molar-refractivity contribution is -0.150. The minimum absolute atomic E-state index is 0.00582. The zero-order valence-electron chi connectivity index (χ0n) is 19.0. The predicted octanol–water partition coefficient (Wildman–Crippen LogP) is 4.51. The average Bonchev–Trinajstić information content (AvgIpc) is 3.15. The van der Waals surface area contributed by atoms with E-state index in [0.717, 1.165) is 38.6 Å². The molecule has 9 heteroatoms. The minimum atomic E-state index is -0.442. The van der Waals surface area contributed by atoms with E-state index in [1.807, 2.05) is 49.5 Å². The quantitative estimate of drug-likeness (QED) is 0.402. The first-order valence-electron chi connectivity index (χ1n) is 11.1. The maximum absolute atomic E-state index is 12.1. The summed E-state index contributed by atoms with van der Waals surface area (Å²) in [5.41, 5.74) is 4.38. The Labute approximate surface area is 206 Å². The molecule has 3 aromatic rings. The predicted molar refractivity (Wildman–Crippen MR) is 130 cm³/mol. The van der Waals surface area contributed by atoms with E-state index in [-0.39, 0.29) is 32.1 Å². The first kappa shape index (κ1) is 23.8. The first-order valence-corrected chi connectivity index (χ1v) is 11.9. The van der Waals surface area contributed by atoms with Crippen LogP contribution in [0.2, 0.25) is 0 Å². The molecule has 0 radical (unpaired) electrons. The summed E-state index contributed by atoms with van der Waals surface area (Å²) in [5.74, 6) is -0.0776. The summed E-state index contributed by atoms with van der Waals surface area (Å²) in [5, 5.41) is 0. The number of rotatable bonds is 8. The summed E-state index contributed by atoms with van der Waals surface area (Å²) in [4.78, 5) is 37.8. The number of hydrogen-bond acceptors (Lipinski definition) is 7. The molecule has 0 unspecified atom stereocenters. The fourth-order valence-electron chi connectivity index (χ4n) is 3.87. The Morgan fingerprint density at radius 1 is 1.09 bits per heavy atom. The van der Waals surface area contributed by atoms with Gasteiger partial charge in [0.15, 0.2) is 0 Å². The Kier molecular flexibility index (Phi) is 7.52. The van der Waals surface area contributed by atoms with Crippen LogP contribution in [0.25, 0.3) is 5.69 Å². The van der Waals surface area contributed by atoms with Crippen LogP contribution >= 0.6 is 15.9 Å². The molecule has 0 bridgehead atoms. The van der Waals surface area contributed by atoms with E-state index < -0.39 is 11.9 Å². The summed E-state index contributed by atoms with van der Waals surface area (Å²) in [6.07, 6.45) is 3.99. The molecule has 1 aliphatic rings. The normalized spacial score (nSPS) is 14.4. The van der Waals surface area contributed by atoms with E-state index >= 15 is 0 Å². The van der Waals surface area contributed by atoms with E-state index in [9.17, 15) is 9.59 Å². The van der Waals surface area contributed by atoms with E-state index in [2.05, 4.69) is 30.5 Å². The van der Waals surface area contributed by atoms with E-state index in [1.54, 1.807) is 13.1 Å². The van der Waals surface area contributed by atoms with Crippen molar-refractivity contribution in [2.24, 2.45) is 4.99 Å².